The zero-order chi connectivity index (χ0) is 15.7. The van der Waals surface area contributed by atoms with Crippen LogP contribution in [0.2, 0.25) is 0 Å². The Hall–Kier alpha value is -2.37. The zero-order valence-corrected chi connectivity index (χ0v) is 13.0. The van der Waals surface area contributed by atoms with Crippen molar-refractivity contribution in [3.63, 3.8) is 0 Å². The first-order valence-corrected chi connectivity index (χ1v) is 8.14. The Morgan fingerprint density at radius 3 is 3.00 bits per heavy atom. The van der Waals surface area contributed by atoms with Crippen LogP contribution in [0, 0.1) is 17.2 Å². The monoisotopic (exact) mass is 329 g/mol. The fourth-order valence-electron chi connectivity index (χ4n) is 2.03. The zero-order valence-electron chi connectivity index (χ0n) is 11.4. The molecule has 0 aliphatic rings. The number of thiazole rings is 1. The van der Waals surface area contributed by atoms with Crippen LogP contribution in [-0.2, 0) is 4.79 Å². The van der Waals surface area contributed by atoms with Crippen molar-refractivity contribution < 1.29 is 4.79 Å². The number of hydrogen-bond acceptors (Lipinski definition) is 7. The molecule has 1 aromatic carbocycles. The van der Waals surface area contributed by atoms with E-state index in [-0.39, 0.29) is 17.2 Å². The average molecular weight is 329 g/mol. The highest BCUT2D eigenvalue weighted by molar-refractivity contribution is 7.99. The van der Waals surface area contributed by atoms with Crippen molar-refractivity contribution >= 4 is 44.1 Å². The van der Waals surface area contributed by atoms with Gasteiger partial charge in [-0.1, -0.05) is 41.8 Å². The summed E-state index contributed by atoms with van der Waals surface area (Å²) in [6.07, 6.45) is 0. The third-order valence-corrected chi connectivity index (χ3v) is 5.04. The molecule has 110 valence electrons. The number of fused-ring (bicyclic) bond motifs is 3. The summed E-state index contributed by atoms with van der Waals surface area (Å²) >= 11 is 2.78. The van der Waals surface area contributed by atoms with E-state index >= 15 is 0 Å². The molecule has 3 rings (SSSR count). The lowest BCUT2D eigenvalue weighted by Gasteiger charge is -2.06. The fraction of sp³-hybridized carbons (Fsp3) is 0.143. The van der Waals surface area contributed by atoms with Gasteiger partial charge in [0, 0.05) is 5.70 Å². The summed E-state index contributed by atoms with van der Waals surface area (Å²) in [7, 11) is 0. The van der Waals surface area contributed by atoms with Crippen LogP contribution in [0.4, 0.5) is 0 Å². The highest BCUT2D eigenvalue weighted by Gasteiger charge is 2.21. The van der Waals surface area contributed by atoms with Gasteiger partial charge in [0.25, 0.3) is 0 Å². The SMILES string of the molecule is C=C(N)[C@@H](C#N)C(=O)CSc1nnc2sc3ccccc3n12. The highest BCUT2D eigenvalue weighted by atomic mass is 32.2. The van der Waals surface area contributed by atoms with Crippen molar-refractivity contribution in [1.29, 1.82) is 5.26 Å². The number of carbonyl (C=O) groups is 1. The van der Waals surface area contributed by atoms with Gasteiger partial charge in [0.15, 0.2) is 10.9 Å². The predicted octanol–water partition coefficient (Wildman–Crippen LogP) is 2.22. The van der Waals surface area contributed by atoms with Crippen molar-refractivity contribution in [2.24, 2.45) is 11.7 Å². The van der Waals surface area contributed by atoms with Crippen molar-refractivity contribution in [1.82, 2.24) is 14.6 Å². The van der Waals surface area contributed by atoms with Gasteiger partial charge in [-0.3, -0.25) is 9.20 Å². The van der Waals surface area contributed by atoms with E-state index in [1.54, 1.807) is 0 Å². The Kier molecular flexibility index (Phi) is 3.83. The molecule has 0 saturated carbocycles. The lowest BCUT2D eigenvalue weighted by molar-refractivity contribution is -0.117. The molecule has 1 atom stereocenters. The van der Waals surface area contributed by atoms with Crippen LogP contribution in [0.25, 0.3) is 15.2 Å². The van der Waals surface area contributed by atoms with Crippen LogP contribution >= 0.6 is 23.1 Å². The number of hydrogen-bond donors (Lipinski definition) is 1. The number of carbonyl (C=O) groups excluding carboxylic acids is 1. The number of benzene rings is 1. The van der Waals surface area contributed by atoms with Crippen LogP contribution in [0.5, 0.6) is 0 Å². The molecular weight excluding hydrogens is 318 g/mol. The van der Waals surface area contributed by atoms with E-state index in [9.17, 15) is 4.79 Å². The van der Waals surface area contributed by atoms with Crippen LogP contribution in [0.1, 0.15) is 0 Å². The molecule has 0 aliphatic carbocycles. The Labute approximate surface area is 134 Å². The molecule has 0 spiro atoms. The number of ketones is 1. The largest absolute Gasteiger partial charge is 0.401 e. The Morgan fingerprint density at radius 1 is 1.50 bits per heavy atom. The van der Waals surface area contributed by atoms with E-state index in [1.165, 1.54) is 23.1 Å². The van der Waals surface area contributed by atoms with Gasteiger partial charge < -0.3 is 5.73 Å². The maximum atomic E-state index is 12.0. The third-order valence-electron chi connectivity index (χ3n) is 3.08. The summed E-state index contributed by atoms with van der Waals surface area (Å²) in [6, 6.07) is 9.76. The van der Waals surface area contributed by atoms with Crippen molar-refractivity contribution in [2.75, 3.05) is 5.75 Å². The molecule has 22 heavy (non-hydrogen) atoms. The molecule has 2 aromatic heterocycles. The number of allylic oxidation sites excluding steroid dienone is 1. The summed E-state index contributed by atoms with van der Waals surface area (Å²) in [6.45, 7) is 3.47. The topological polar surface area (TPSA) is 97.1 Å². The van der Waals surface area contributed by atoms with Gasteiger partial charge in [0.1, 0.15) is 5.92 Å². The van der Waals surface area contributed by atoms with E-state index in [1.807, 2.05) is 34.7 Å². The Balaban J connectivity index is 1.87. The smallest absolute Gasteiger partial charge is 0.217 e. The van der Waals surface area contributed by atoms with Crippen LogP contribution in [0.15, 0.2) is 41.7 Å². The molecule has 6 nitrogen and oxygen atoms in total. The number of nitrogens with two attached hydrogens (primary N) is 1. The van der Waals surface area contributed by atoms with E-state index in [0.717, 1.165) is 15.2 Å². The summed E-state index contributed by atoms with van der Waals surface area (Å²) in [4.78, 5) is 12.8. The van der Waals surface area contributed by atoms with E-state index in [0.29, 0.717) is 5.16 Å². The lowest BCUT2D eigenvalue weighted by atomic mass is 10.1. The second-order valence-corrected chi connectivity index (χ2v) is 6.51. The average Bonchev–Trinajstić information content (AvgIpc) is 3.04. The fourth-order valence-corrected chi connectivity index (χ4v) is 3.90. The number of Topliss-reactive ketones (excluding diaryl/α,β-unsaturated/α-hetero) is 1. The van der Waals surface area contributed by atoms with E-state index < -0.39 is 5.92 Å². The van der Waals surface area contributed by atoms with Crippen molar-refractivity contribution in [2.45, 2.75) is 5.16 Å². The lowest BCUT2D eigenvalue weighted by Crippen LogP contribution is -2.21. The standard InChI is InChI=1S/C14H11N5OS2/c1-8(16)9(6-15)11(20)7-21-13-17-18-14-19(13)10-4-2-3-5-12(10)22-14/h2-5,9H,1,7,16H2/t9-/m1/s1. The first kappa shape index (κ1) is 14.6. The molecule has 8 heteroatoms. The quantitative estimate of drug-likeness (QED) is 0.721. The van der Waals surface area contributed by atoms with Gasteiger partial charge in [-0.25, -0.2) is 0 Å². The maximum Gasteiger partial charge on any atom is 0.217 e. The molecule has 0 saturated heterocycles. The maximum absolute atomic E-state index is 12.0. The van der Waals surface area contributed by atoms with Crippen molar-refractivity contribution in [3.05, 3.63) is 36.5 Å². The Morgan fingerprint density at radius 2 is 2.27 bits per heavy atom. The third kappa shape index (κ3) is 2.45. The highest BCUT2D eigenvalue weighted by Crippen LogP contribution is 2.29. The molecule has 0 unspecified atom stereocenters. The molecule has 2 N–H and O–H groups in total. The summed E-state index contributed by atoms with van der Waals surface area (Å²) in [5.41, 5.74) is 6.54. The van der Waals surface area contributed by atoms with Gasteiger partial charge in [-0.05, 0) is 12.1 Å². The normalized spacial score (nSPS) is 12.3. The number of nitriles is 1. The number of thioether (sulfide) groups is 1. The second-order valence-electron chi connectivity index (χ2n) is 4.56. The molecule has 0 fully saturated rings. The van der Waals surface area contributed by atoms with Gasteiger partial charge in [0.05, 0.1) is 22.0 Å². The van der Waals surface area contributed by atoms with Crippen molar-refractivity contribution in [3.8, 4) is 6.07 Å². The molecule has 0 radical (unpaired) electrons. The summed E-state index contributed by atoms with van der Waals surface area (Å²) < 4.78 is 3.02. The van der Waals surface area contributed by atoms with Crippen LogP contribution in [-0.4, -0.2) is 26.1 Å². The summed E-state index contributed by atoms with van der Waals surface area (Å²) in [5.74, 6) is -1.16. The molecule has 0 bridgehead atoms. The number of para-hydroxylation sites is 1. The molecule has 3 aromatic rings. The molecule has 2 heterocycles. The van der Waals surface area contributed by atoms with Gasteiger partial charge >= 0.3 is 0 Å². The van der Waals surface area contributed by atoms with E-state index in [2.05, 4.69) is 16.8 Å². The predicted molar refractivity (Wildman–Crippen MR) is 86.5 cm³/mol. The minimum atomic E-state index is -0.977. The number of rotatable bonds is 5. The van der Waals surface area contributed by atoms with Gasteiger partial charge in [-0.15, -0.1) is 10.2 Å². The first-order valence-electron chi connectivity index (χ1n) is 6.34. The number of aromatic nitrogens is 3. The first-order chi connectivity index (χ1) is 10.6. The molecule has 0 amide bonds. The number of nitrogens with zero attached hydrogens (tertiary/aromatic N) is 4. The minimum absolute atomic E-state index is 0.0699. The Bertz CT molecular complexity index is 920. The van der Waals surface area contributed by atoms with Gasteiger partial charge in [-0.2, -0.15) is 5.26 Å². The van der Waals surface area contributed by atoms with Crippen LogP contribution < -0.4 is 5.73 Å². The van der Waals surface area contributed by atoms with Gasteiger partial charge in [0.2, 0.25) is 4.96 Å². The van der Waals surface area contributed by atoms with E-state index in [4.69, 9.17) is 11.0 Å². The van der Waals surface area contributed by atoms with Crippen LogP contribution in [0.3, 0.4) is 0 Å². The summed E-state index contributed by atoms with van der Waals surface area (Å²) in [5, 5.41) is 17.8. The molecule has 0 aliphatic heterocycles. The molecular formula is C14H11N5OS2. The second kappa shape index (κ2) is 5.79. The minimum Gasteiger partial charge on any atom is -0.401 e.